The van der Waals surface area contributed by atoms with E-state index in [4.69, 9.17) is 32.7 Å². The lowest BCUT2D eigenvalue weighted by molar-refractivity contribution is -0.185. The van der Waals surface area contributed by atoms with Crippen molar-refractivity contribution in [2.24, 2.45) is 0 Å². The quantitative estimate of drug-likeness (QED) is 0.430. The Balaban J connectivity index is 1.70. The van der Waals surface area contributed by atoms with Gasteiger partial charge in [-0.2, -0.15) is 0 Å². The SMILES string of the molecule is CCCC(C(=O)O)N1C(=O)C(CCCN2CCOCC2)OC(c2ccc(Cl)cc2)C1c1ccc(Cl)cc1. The van der Waals surface area contributed by atoms with Crippen LogP contribution in [0.5, 0.6) is 0 Å². The van der Waals surface area contributed by atoms with Gasteiger partial charge < -0.3 is 19.5 Å². The lowest BCUT2D eigenvalue weighted by Crippen LogP contribution is -2.57. The molecular weight excluding hydrogens is 515 g/mol. The van der Waals surface area contributed by atoms with Crippen molar-refractivity contribution >= 4 is 35.1 Å². The molecule has 9 heteroatoms. The molecule has 2 aliphatic heterocycles. The van der Waals surface area contributed by atoms with E-state index in [9.17, 15) is 14.7 Å². The highest BCUT2D eigenvalue weighted by molar-refractivity contribution is 6.30. The molecule has 1 amide bonds. The number of benzene rings is 2. The van der Waals surface area contributed by atoms with Gasteiger partial charge in [0.1, 0.15) is 18.2 Å². The Bertz CT molecular complexity index is 1040. The first kappa shape index (κ1) is 27.9. The standard InChI is InChI=1S/C28H34Cl2N2O5/c1-2-4-23(28(34)35)32-25(19-6-10-21(29)11-7-19)26(20-8-12-22(30)13-9-20)37-24(27(32)33)5-3-14-31-15-17-36-18-16-31/h6-13,23-26H,2-5,14-18H2,1H3,(H,34,35). The van der Waals surface area contributed by atoms with E-state index in [1.165, 1.54) is 0 Å². The van der Waals surface area contributed by atoms with Gasteiger partial charge in [-0.05, 0) is 61.2 Å². The van der Waals surface area contributed by atoms with Crippen molar-refractivity contribution in [1.29, 1.82) is 0 Å². The molecule has 4 atom stereocenters. The maximum Gasteiger partial charge on any atom is 0.326 e. The first-order valence-electron chi connectivity index (χ1n) is 12.9. The zero-order valence-corrected chi connectivity index (χ0v) is 22.5. The Morgan fingerprint density at radius 1 is 1.03 bits per heavy atom. The van der Waals surface area contributed by atoms with Crippen molar-refractivity contribution in [3.05, 3.63) is 69.7 Å². The van der Waals surface area contributed by atoms with E-state index in [-0.39, 0.29) is 5.91 Å². The summed E-state index contributed by atoms with van der Waals surface area (Å²) in [5.41, 5.74) is 1.60. The molecule has 200 valence electrons. The number of amides is 1. The molecule has 4 rings (SSSR count). The highest BCUT2D eigenvalue weighted by atomic mass is 35.5. The number of ether oxygens (including phenoxy) is 2. The van der Waals surface area contributed by atoms with Crippen LogP contribution in [-0.2, 0) is 19.1 Å². The molecule has 37 heavy (non-hydrogen) atoms. The van der Waals surface area contributed by atoms with E-state index >= 15 is 0 Å². The zero-order chi connectivity index (χ0) is 26.4. The first-order chi connectivity index (χ1) is 17.9. The molecule has 0 saturated carbocycles. The number of morpholine rings is 2. The number of nitrogens with zero attached hydrogens (tertiary/aromatic N) is 2. The number of aliphatic carboxylic acids is 1. The van der Waals surface area contributed by atoms with E-state index in [0.29, 0.717) is 42.5 Å². The molecule has 0 radical (unpaired) electrons. The normalized spacial score (nSPS) is 23.7. The van der Waals surface area contributed by atoms with Crippen LogP contribution in [0.15, 0.2) is 48.5 Å². The maximum atomic E-state index is 14.0. The lowest BCUT2D eigenvalue weighted by Gasteiger charge is -2.47. The van der Waals surface area contributed by atoms with Crippen LogP contribution in [0.3, 0.4) is 0 Å². The number of carbonyl (C=O) groups excluding carboxylic acids is 1. The molecule has 7 nitrogen and oxygen atoms in total. The number of rotatable bonds is 10. The van der Waals surface area contributed by atoms with Crippen molar-refractivity contribution in [2.45, 2.75) is 56.9 Å². The Kier molecular flexibility index (Phi) is 9.84. The van der Waals surface area contributed by atoms with Crippen LogP contribution in [0.4, 0.5) is 0 Å². The second-order valence-corrected chi connectivity index (χ2v) is 10.5. The topological polar surface area (TPSA) is 79.3 Å². The molecule has 0 spiro atoms. The third kappa shape index (κ3) is 6.84. The van der Waals surface area contributed by atoms with E-state index in [1.54, 1.807) is 29.2 Å². The molecule has 2 heterocycles. The molecule has 0 bridgehead atoms. The second kappa shape index (κ2) is 13.1. The van der Waals surface area contributed by atoms with Gasteiger partial charge in [0.05, 0.1) is 19.3 Å². The van der Waals surface area contributed by atoms with E-state index < -0.39 is 30.3 Å². The van der Waals surface area contributed by atoms with Gasteiger partial charge in [-0.1, -0.05) is 60.8 Å². The molecule has 2 saturated heterocycles. The van der Waals surface area contributed by atoms with Crippen molar-refractivity contribution in [1.82, 2.24) is 9.80 Å². The minimum Gasteiger partial charge on any atom is -0.480 e. The Hall–Kier alpha value is -2.16. The molecule has 0 aromatic heterocycles. The van der Waals surface area contributed by atoms with Gasteiger partial charge in [0, 0.05) is 23.1 Å². The zero-order valence-electron chi connectivity index (χ0n) is 21.0. The molecule has 1 N–H and O–H groups in total. The van der Waals surface area contributed by atoms with Crippen LogP contribution in [0.1, 0.15) is 55.9 Å². The van der Waals surface area contributed by atoms with Gasteiger partial charge in [-0.15, -0.1) is 0 Å². The maximum absolute atomic E-state index is 14.0. The summed E-state index contributed by atoms with van der Waals surface area (Å²) in [6, 6.07) is 12.9. The molecule has 2 aliphatic rings. The summed E-state index contributed by atoms with van der Waals surface area (Å²) in [6.07, 6.45) is 0.922. The monoisotopic (exact) mass is 548 g/mol. The minimum atomic E-state index is -1.02. The molecule has 2 aromatic rings. The average molecular weight is 549 g/mol. The van der Waals surface area contributed by atoms with Gasteiger partial charge in [-0.25, -0.2) is 4.79 Å². The summed E-state index contributed by atoms with van der Waals surface area (Å²) in [4.78, 5) is 30.3. The van der Waals surface area contributed by atoms with Crippen LogP contribution >= 0.6 is 23.2 Å². The van der Waals surface area contributed by atoms with Gasteiger partial charge in [0.15, 0.2) is 0 Å². The van der Waals surface area contributed by atoms with Crippen LogP contribution in [-0.4, -0.2) is 71.8 Å². The smallest absolute Gasteiger partial charge is 0.326 e. The molecule has 0 aliphatic carbocycles. The molecule has 2 fully saturated rings. The summed E-state index contributed by atoms with van der Waals surface area (Å²) >= 11 is 12.3. The molecule has 4 unspecified atom stereocenters. The average Bonchev–Trinajstić information content (AvgIpc) is 2.90. The van der Waals surface area contributed by atoms with Crippen LogP contribution < -0.4 is 0 Å². The Labute approximate surface area is 228 Å². The van der Waals surface area contributed by atoms with Gasteiger partial charge in [0.2, 0.25) is 0 Å². The third-order valence-electron chi connectivity index (χ3n) is 7.06. The fourth-order valence-corrected chi connectivity index (χ4v) is 5.44. The van der Waals surface area contributed by atoms with Crippen molar-refractivity contribution in [2.75, 3.05) is 32.8 Å². The summed E-state index contributed by atoms with van der Waals surface area (Å²) < 4.78 is 12.0. The first-order valence-corrected chi connectivity index (χ1v) is 13.7. The van der Waals surface area contributed by atoms with E-state index in [0.717, 1.165) is 37.2 Å². The summed E-state index contributed by atoms with van der Waals surface area (Å²) in [6.45, 7) is 5.93. The predicted molar refractivity (Wildman–Crippen MR) is 143 cm³/mol. The van der Waals surface area contributed by atoms with Crippen LogP contribution in [0.25, 0.3) is 0 Å². The Morgan fingerprint density at radius 2 is 1.62 bits per heavy atom. The van der Waals surface area contributed by atoms with E-state index in [2.05, 4.69) is 4.90 Å². The van der Waals surface area contributed by atoms with Crippen molar-refractivity contribution in [3.8, 4) is 0 Å². The fourth-order valence-electron chi connectivity index (χ4n) is 5.19. The summed E-state index contributed by atoms with van der Waals surface area (Å²) in [5, 5.41) is 11.4. The van der Waals surface area contributed by atoms with Crippen LogP contribution in [0.2, 0.25) is 10.0 Å². The summed E-state index contributed by atoms with van der Waals surface area (Å²) in [5.74, 6) is -1.30. The number of carboxylic acids is 1. The van der Waals surface area contributed by atoms with Gasteiger partial charge >= 0.3 is 5.97 Å². The number of hydrogen-bond acceptors (Lipinski definition) is 5. The third-order valence-corrected chi connectivity index (χ3v) is 7.57. The highest BCUT2D eigenvalue weighted by Gasteiger charge is 2.48. The van der Waals surface area contributed by atoms with Gasteiger partial charge in [-0.3, -0.25) is 9.69 Å². The second-order valence-electron chi connectivity index (χ2n) is 9.58. The highest BCUT2D eigenvalue weighted by Crippen LogP contribution is 2.44. The predicted octanol–water partition coefficient (Wildman–Crippen LogP) is 5.37. The number of halogens is 2. The summed E-state index contributed by atoms with van der Waals surface area (Å²) in [7, 11) is 0. The van der Waals surface area contributed by atoms with Crippen LogP contribution in [0, 0.1) is 0 Å². The number of hydrogen-bond donors (Lipinski definition) is 1. The van der Waals surface area contributed by atoms with Crippen molar-refractivity contribution < 1.29 is 24.2 Å². The lowest BCUT2D eigenvalue weighted by atomic mass is 9.89. The molecule has 2 aromatic carbocycles. The molecular formula is C28H34Cl2N2O5. The fraction of sp³-hybridized carbons (Fsp3) is 0.500. The largest absolute Gasteiger partial charge is 0.480 e. The van der Waals surface area contributed by atoms with E-state index in [1.807, 2.05) is 31.2 Å². The minimum absolute atomic E-state index is 0.284. The van der Waals surface area contributed by atoms with Crippen molar-refractivity contribution in [3.63, 3.8) is 0 Å². The van der Waals surface area contributed by atoms with Gasteiger partial charge in [0.25, 0.3) is 5.91 Å². The number of carboxylic acid groups (broad SMARTS) is 1. The number of carbonyl (C=O) groups is 2. The Morgan fingerprint density at radius 3 is 2.19 bits per heavy atom.